The molecule has 6 rings (SSSR count). The number of esters is 1. The maximum absolute atomic E-state index is 13.5. The Kier molecular flexibility index (Phi) is 8.50. The van der Waals surface area contributed by atoms with Crippen molar-refractivity contribution in [2.75, 3.05) is 19.7 Å². The summed E-state index contributed by atoms with van der Waals surface area (Å²) in [6, 6.07) is 11.9. The zero-order valence-electron chi connectivity index (χ0n) is 26.0. The van der Waals surface area contributed by atoms with Crippen molar-refractivity contribution < 1.29 is 14.3 Å². The number of aryl methyl sites for hydroxylation is 2. The SMILES string of the molecule is CCOC(=O)[C@@H](OC(C)(C)C)c1c(C)cc2nc(-c3cnc4c(c3)c(C3CCNCC3)nn4C)sc2c1-c1ccc(Cl)cc1. The maximum atomic E-state index is 13.5. The summed E-state index contributed by atoms with van der Waals surface area (Å²) in [7, 11) is 1.96. The van der Waals surface area contributed by atoms with E-state index >= 15 is 0 Å². The highest BCUT2D eigenvalue weighted by molar-refractivity contribution is 7.22. The van der Waals surface area contributed by atoms with Crippen molar-refractivity contribution in [2.45, 2.75) is 65.1 Å². The van der Waals surface area contributed by atoms with Gasteiger partial charge in [-0.15, -0.1) is 11.3 Å². The van der Waals surface area contributed by atoms with Gasteiger partial charge in [0.25, 0.3) is 0 Å². The van der Waals surface area contributed by atoms with Gasteiger partial charge in [-0.05, 0) is 95.9 Å². The highest BCUT2D eigenvalue weighted by Gasteiger charge is 2.33. The summed E-state index contributed by atoms with van der Waals surface area (Å²) in [6.45, 7) is 11.9. The van der Waals surface area contributed by atoms with Gasteiger partial charge >= 0.3 is 5.97 Å². The van der Waals surface area contributed by atoms with Gasteiger partial charge in [0.2, 0.25) is 0 Å². The van der Waals surface area contributed by atoms with Crippen LogP contribution in [-0.2, 0) is 21.3 Å². The molecule has 1 atom stereocenters. The smallest absolute Gasteiger partial charge is 0.339 e. The minimum atomic E-state index is -0.920. The second kappa shape index (κ2) is 12.2. The Bertz CT molecular complexity index is 1830. The number of nitrogens with one attached hydrogen (secondary N) is 1. The lowest BCUT2D eigenvalue weighted by atomic mass is 9.91. The number of hydrogen-bond donors (Lipinski definition) is 1. The van der Waals surface area contributed by atoms with E-state index in [4.69, 9.17) is 36.1 Å². The fourth-order valence-corrected chi connectivity index (χ4v) is 7.28. The zero-order valence-corrected chi connectivity index (χ0v) is 27.6. The minimum Gasteiger partial charge on any atom is -0.464 e. The topological polar surface area (TPSA) is 91.2 Å². The van der Waals surface area contributed by atoms with Crippen molar-refractivity contribution in [3.63, 3.8) is 0 Å². The molecule has 0 unspecified atom stereocenters. The molecule has 0 aliphatic carbocycles. The van der Waals surface area contributed by atoms with Crippen LogP contribution in [0.5, 0.6) is 0 Å². The summed E-state index contributed by atoms with van der Waals surface area (Å²) >= 11 is 7.89. The number of piperidine rings is 1. The monoisotopic (exact) mass is 631 g/mol. The summed E-state index contributed by atoms with van der Waals surface area (Å²) in [6.07, 6.45) is 3.08. The lowest BCUT2D eigenvalue weighted by Gasteiger charge is -2.29. The third-order valence-corrected chi connectivity index (χ3v) is 9.36. The molecule has 1 saturated heterocycles. The number of carbonyl (C=O) groups is 1. The Morgan fingerprint density at radius 1 is 1.16 bits per heavy atom. The van der Waals surface area contributed by atoms with E-state index in [1.165, 1.54) is 0 Å². The first-order chi connectivity index (χ1) is 21.0. The highest BCUT2D eigenvalue weighted by Crippen LogP contribution is 2.45. The molecule has 3 aromatic heterocycles. The Labute approximate surface area is 266 Å². The lowest BCUT2D eigenvalue weighted by Crippen LogP contribution is -2.29. The largest absolute Gasteiger partial charge is 0.464 e. The third kappa shape index (κ3) is 5.98. The standard InChI is InChI=1S/C34H38ClN5O3S/c1-7-42-33(41)29(43-34(3,4)5)26-19(2)16-25-30(27(26)20-8-10-23(35)11-9-20)44-32(38-25)22-17-24-28(21-12-14-36-15-13-21)39-40(6)31(24)37-18-22/h8-11,16-18,21,29,36H,7,12-15H2,1-6H3/t29-/m0/s1. The minimum absolute atomic E-state index is 0.258. The fraction of sp³-hybridized carbons (Fsp3) is 0.412. The predicted octanol–water partition coefficient (Wildman–Crippen LogP) is 7.76. The Balaban J connectivity index is 1.55. The number of pyridine rings is 1. The number of halogens is 1. The normalized spacial score (nSPS) is 15.2. The molecule has 0 bridgehead atoms. The maximum Gasteiger partial charge on any atom is 0.339 e. The molecule has 0 amide bonds. The number of ether oxygens (including phenoxy) is 2. The Morgan fingerprint density at radius 3 is 2.57 bits per heavy atom. The molecule has 2 aromatic carbocycles. The highest BCUT2D eigenvalue weighted by atomic mass is 35.5. The van der Waals surface area contributed by atoms with Crippen molar-refractivity contribution in [1.82, 2.24) is 25.1 Å². The van der Waals surface area contributed by atoms with Crippen LogP contribution in [0.25, 0.3) is 42.9 Å². The molecular weight excluding hydrogens is 594 g/mol. The van der Waals surface area contributed by atoms with E-state index in [1.807, 2.05) is 76.0 Å². The van der Waals surface area contributed by atoms with Gasteiger partial charge in [-0.2, -0.15) is 5.10 Å². The molecule has 44 heavy (non-hydrogen) atoms. The van der Waals surface area contributed by atoms with Gasteiger partial charge in [0.1, 0.15) is 5.01 Å². The van der Waals surface area contributed by atoms with Crippen molar-refractivity contribution >= 4 is 50.2 Å². The van der Waals surface area contributed by atoms with Crippen LogP contribution in [-0.4, -0.2) is 51.0 Å². The van der Waals surface area contributed by atoms with Crippen LogP contribution in [0.4, 0.5) is 0 Å². The second-order valence-corrected chi connectivity index (χ2v) is 13.8. The molecule has 1 N–H and O–H groups in total. The van der Waals surface area contributed by atoms with Gasteiger partial charge in [0.15, 0.2) is 11.8 Å². The van der Waals surface area contributed by atoms with Gasteiger partial charge in [0.05, 0.1) is 28.1 Å². The number of nitrogens with zero attached hydrogens (tertiary/aromatic N) is 4. The Morgan fingerprint density at radius 2 is 1.89 bits per heavy atom. The number of benzene rings is 2. The molecule has 8 nitrogen and oxygen atoms in total. The predicted molar refractivity (Wildman–Crippen MR) is 177 cm³/mol. The van der Waals surface area contributed by atoms with Crippen LogP contribution in [0.15, 0.2) is 42.6 Å². The van der Waals surface area contributed by atoms with Crippen LogP contribution in [0.2, 0.25) is 5.02 Å². The second-order valence-electron chi connectivity index (χ2n) is 12.3. The van der Waals surface area contributed by atoms with Crippen LogP contribution in [0.3, 0.4) is 0 Å². The Hall–Kier alpha value is -3.37. The average Bonchev–Trinajstić information content (AvgIpc) is 3.56. The number of rotatable bonds is 7. The van der Waals surface area contributed by atoms with E-state index in [1.54, 1.807) is 18.3 Å². The van der Waals surface area contributed by atoms with E-state index in [9.17, 15) is 4.79 Å². The average molecular weight is 632 g/mol. The van der Waals surface area contributed by atoms with E-state index in [0.717, 1.165) is 85.7 Å². The number of thiazole rings is 1. The zero-order chi connectivity index (χ0) is 31.2. The molecule has 10 heteroatoms. The molecule has 4 heterocycles. The molecule has 5 aromatic rings. The summed E-state index contributed by atoms with van der Waals surface area (Å²) in [4.78, 5) is 23.4. The first kappa shape index (κ1) is 30.6. The lowest BCUT2D eigenvalue weighted by molar-refractivity contribution is -0.166. The van der Waals surface area contributed by atoms with Gasteiger partial charge < -0.3 is 14.8 Å². The summed E-state index contributed by atoms with van der Waals surface area (Å²) in [5.74, 6) is -0.0155. The van der Waals surface area contributed by atoms with Crippen LogP contribution in [0.1, 0.15) is 69.4 Å². The van der Waals surface area contributed by atoms with Crippen molar-refractivity contribution in [2.24, 2.45) is 7.05 Å². The van der Waals surface area contributed by atoms with Gasteiger partial charge in [0, 0.05) is 46.3 Å². The summed E-state index contributed by atoms with van der Waals surface area (Å²) in [5.41, 5.74) is 6.67. The third-order valence-electron chi connectivity index (χ3n) is 7.97. The number of carbonyl (C=O) groups excluding carboxylic acids is 1. The van der Waals surface area contributed by atoms with Gasteiger partial charge in [-0.25, -0.2) is 14.8 Å². The first-order valence-electron chi connectivity index (χ1n) is 15.1. The van der Waals surface area contributed by atoms with Crippen molar-refractivity contribution in [1.29, 1.82) is 0 Å². The van der Waals surface area contributed by atoms with E-state index in [2.05, 4.69) is 11.4 Å². The number of fused-ring (bicyclic) bond motifs is 2. The molecule has 0 spiro atoms. The quantitative estimate of drug-likeness (QED) is 0.184. The van der Waals surface area contributed by atoms with Crippen LogP contribution in [0, 0.1) is 6.92 Å². The molecule has 1 fully saturated rings. The molecule has 1 aliphatic rings. The molecular formula is C34H38ClN5O3S. The summed E-state index contributed by atoms with van der Waals surface area (Å²) < 4.78 is 14.8. The number of aromatic nitrogens is 4. The van der Waals surface area contributed by atoms with Gasteiger partial charge in [-0.3, -0.25) is 4.68 Å². The van der Waals surface area contributed by atoms with Gasteiger partial charge in [-0.1, -0.05) is 23.7 Å². The van der Waals surface area contributed by atoms with Crippen LogP contribution < -0.4 is 5.32 Å². The summed E-state index contributed by atoms with van der Waals surface area (Å²) in [5, 5.41) is 10.9. The van der Waals surface area contributed by atoms with Crippen LogP contribution >= 0.6 is 22.9 Å². The van der Waals surface area contributed by atoms with E-state index < -0.39 is 17.7 Å². The molecule has 0 saturated carbocycles. The van der Waals surface area contributed by atoms with Crippen molar-refractivity contribution in [3.05, 3.63) is 64.4 Å². The molecule has 230 valence electrons. The fourth-order valence-electron chi connectivity index (χ4n) is 6.05. The van der Waals surface area contributed by atoms with E-state index in [0.29, 0.717) is 10.9 Å². The molecule has 0 radical (unpaired) electrons. The number of hydrogen-bond acceptors (Lipinski definition) is 8. The first-order valence-corrected chi connectivity index (χ1v) is 16.3. The van der Waals surface area contributed by atoms with Crippen molar-refractivity contribution in [3.8, 4) is 21.7 Å². The molecule has 1 aliphatic heterocycles. The van der Waals surface area contributed by atoms with E-state index in [-0.39, 0.29) is 6.61 Å².